The van der Waals surface area contributed by atoms with Gasteiger partial charge in [0.15, 0.2) is 0 Å². The summed E-state index contributed by atoms with van der Waals surface area (Å²) in [7, 11) is 1.65. The molecule has 1 aliphatic rings. The minimum Gasteiger partial charge on any atom is -0.388 e. The van der Waals surface area contributed by atoms with Crippen molar-refractivity contribution in [1.29, 1.82) is 0 Å². The third kappa shape index (κ3) is 3.14. The van der Waals surface area contributed by atoms with E-state index in [9.17, 15) is 15.2 Å². The largest absolute Gasteiger partial charge is 0.388 e. The van der Waals surface area contributed by atoms with Gasteiger partial charge in [-0.25, -0.2) is 4.98 Å². The number of aromatic nitrogens is 1. The molecule has 1 aliphatic heterocycles. The lowest BCUT2D eigenvalue weighted by Gasteiger charge is -2.35. The van der Waals surface area contributed by atoms with E-state index < -0.39 is 10.5 Å². The second kappa shape index (κ2) is 5.59. The Bertz CT molecular complexity index is 502. The number of hydrogen-bond donors (Lipinski definition) is 2. The topological polar surface area (TPSA) is 115 Å². The Morgan fingerprint density at radius 3 is 2.80 bits per heavy atom. The molecule has 20 heavy (non-hydrogen) atoms. The zero-order chi connectivity index (χ0) is 14.8. The van der Waals surface area contributed by atoms with Crippen molar-refractivity contribution in [3.8, 4) is 0 Å². The van der Waals surface area contributed by atoms with Gasteiger partial charge in [0.1, 0.15) is 5.82 Å². The van der Waals surface area contributed by atoms with Gasteiger partial charge in [-0.15, -0.1) is 0 Å². The predicted octanol–water partition coefficient (Wildman–Crippen LogP) is 0.550. The second-order valence-electron chi connectivity index (χ2n) is 5.03. The summed E-state index contributed by atoms with van der Waals surface area (Å²) < 4.78 is 5.21. The van der Waals surface area contributed by atoms with Crippen LogP contribution in [0.2, 0.25) is 0 Å². The van der Waals surface area contributed by atoms with E-state index in [1.165, 1.54) is 12.1 Å². The predicted molar refractivity (Wildman–Crippen MR) is 73.6 cm³/mol. The Morgan fingerprint density at radius 2 is 2.20 bits per heavy atom. The number of nitro groups is 1. The zero-order valence-corrected chi connectivity index (χ0v) is 11.3. The van der Waals surface area contributed by atoms with Crippen LogP contribution in [0.3, 0.4) is 0 Å². The van der Waals surface area contributed by atoms with E-state index in [1.807, 2.05) is 0 Å². The van der Waals surface area contributed by atoms with E-state index in [0.717, 1.165) is 0 Å². The summed E-state index contributed by atoms with van der Waals surface area (Å²) in [4.78, 5) is 16.1. The van der Waals surface area contributed by atoms with Gasteiger partial charge in [0, 0.05) is 45.7 Å². The van der Waals surface area contributed by atoms with Gasteiger partial charge >= 0.3 is 5.69 Å². The van der Waals surface area contributed by atoms with E-state index >= 15 is 0 Å². The molecule has 1 aromatic rings. The van der Waals surface area contributed by atoms with Crippen LogP contribution in [-0.4, -0.2) is 47.4 Å². The zero-order valence-electron chi connectivity index (χ0n) is 11.3. The van der Waals surface area contributed by atoms with Crippen LogP contribution in [0.4, 0.5) is 17.3 Å². The molecule has 1 fully saturated rings. The Hall–Kier alpha value is -1.93. The normalized spacial score (nSPS) is 17.7. The molecule has 8 nitrogen and oxygen atoms in total. The molecule has 2 heterocycles. The number of rotatable bonds is 4. The summed E-state index contributed by atoms with van der Waals surface area (Å²) in [6.07, 6.45) is 0.987. The van der Waals surface area contributed by atoms with Crippen molar-refractivity contribution in [2.24, 2.45) is 0 Å². The molecule has 0 unspecified atom stereocenters. The molecule has 3 N–H and O–H groups in total. The smallest absolute Gasteiger partial charge is 0.311 e. The van der Waals surface area contributed by atoms with Crippen molar-refractivity contribution in [2.75, 3.05) is 37.4 Å². The van der Waals surface area contributed by atoms with Crippen LogP contribution in [0.1, 0.15) is 12.8 Å². The van der Waals surface area contributed by atoms with Crippen molar-refractivity contribution in [3.63, 3.8) is 0 Å². The molecule has 1 saturated heterocycles. The maximum Gasteiger partial charge on any atom is 0.311 e. The minimum atomic E-state index is -0.923. The van der Waals surface area contributed by atoms with Crippen molar-refractivity contribution >= 4 is 17.3 Å². The van der Waals surface area contributed by atoms with Crippen LogP contribution in [0.5, 0.6) is 0 Å². The number of nitrogens with two attached hydrogens (primary N) is 1. The number of nitrogens with zero attached hydrogens (tertiary/aromatic N) is 3. The van der Waals surface area contributed by atoms with Gasteiger partial charge < -0.3 is 20.5 Å². The molecule has 0 bridgehead atoms. The molecule has 0 atom stereocenters. The Balaban J connectivity index is 2.21. The lowest BCUT2D eigenvalue weighted by atomic mass is 9.94. The van der Waals surface area contributed by atoms with E-state index in [4.69, 9.17) is 10.5 Å². The first kappa shape index (κ1) is 14.5. The molecule has 1 aromatic heterocycles. The van der Waals surface area contributed by atoms with Gasteiger partial charge in [0.05, 0.1) is 10.5 Å². The number of hydrogen-bond acceptors (Lipinski definition) is 7. The molecule has 2 rings (SSSR count). The fourth-order valence-corrected chi connectivity index (χ4v) is 2.30. The van der Waals surface area contributed by atoms with Crippen LogP contribution >= 0.6 is 0 Å². The molecule has 0 saturated carbocycles. The third-order valence-electron chi connectivity index (χ3n) is 3.39. The quantitative estimate of drug-likeness (QED) is 0.612. The third-order valence-corrected chi connectivity index (χ3v) is 3.39. The van der Waals surface area contributed by atoms with Gasteiger partial charge in [-0.3, -0.25) is 10.1 Å². The fourth-order valence-electron chi connectivity index (χ4n) is 2.30. The van der Waals surface area contributed by atoms with Crippen LogP contribution in [-0.2, 0) is 4.74 Å². The number of nitrogen functional groups attached to an aromatic ring is 1. The fraction of sp³-hybridized carbons (Fsp3) is 0.583. The highest BCUT2D eigenvalue weighted by Gasteiger charge is 2.33. The van der Waals surface area contributed by atoms with E-state index in [-0.39, 0.29) is 23.9 Å². The molecule has 0 aromatic carbocycles. The van der Waals surface area contributed by atoms with Gasteiger partial charge in [-0.2, -0.15) is 0 Å². The van der Waals surface area contributed by atoms with Gasteiger partial charge in [-0.05, 0) is 6.07 Å². The number of anilines is 2. The minimum absolute atomic E-state index is 0.127. The number of pyridine rings is 1. The Kier molecular flexibility index (Phi) is 4.05. The van der Waals surface area contributed by atoms with Crippen molar-refractivity contribution in [2.45, 2.75) is 18.4 Å². The highest BCUT2D eigenvalue weighted by molar-refractivity contribution is 5.60. The van der Waals surface area contributed by atoms with E-state index in [1.54, 1.807) is 11.9 Å². The highest BCUT2D eigenvalue weighted by Crippen LogP contribution is 2.29. The summed E-state index contributed by atoms with van der Waals surface area (Å²) in [5, 5.41) is 21.5. The number of aliphatic hydroxyl groups is 1. The standard InChI is InChI=1S/C12H18N4O4/c1-15(8-12(17)4-6-20-7-5-12)11-9(16(18)19)2-3-10(13)14-11/h2-3,17H,4-8H2,1H3,(H2,13,14). The number of likely N-dealkylation sites (N-methyl/N-ethyl adjacent to an activating group) is 1. The van der Waals surface area contributed by atoms with Gasteiger partial charge in [-0.1, -0.05) is 0 Å². The average molecular weight is 282 g/mol. The van der Waals surface area contributed by atoms with Crippen LogP contribution in [0, 0.1) is 10.1 Å². The highest BCUT2D eigenvalue weighted by atomic mass is 16.6. The van der Waals surface area contributed by atoms with Crippen LogP contribution in [0.25, 0.3) is 0 Å². The lowest BCUT2D eigenvalue weighted by Crippen LogP contribution is -2.46. The van der Waals surface area contributed by atoms with Crippen LogP contribution < -0.4 is 10.6 Å². The van der Waals surface area contributed by atoms with Crippen LogP contribution in [0.15, 0.2) is 12.1 Å². The molecule has 0 aliphatic carbocycles. The van der Waals surface area contributed by atoms with E-state index in [0.29, 0.717) is 26.1 Å². The molecular formula is C12H18N4O4. The average Bonchev–Trinajstić information content (AvgIpc) is 2.38. The van der Waals surface area contributed by atoms with Gasteiger partial charge in [0.25, 0.3) is 0 Å². The van der Waals surface area contributed by atoms with E-state index in [2.05, 4.69) is 4.98 Å². The van der Waals surface area contributed by atoms with Crippen molar-refractivity contribution in [3.05, 3.63) is 22.2 Å². The summed E-state index contributed by atoms with van der Waals surface area (Å²) in [5.41, 5.74) is 4.54. The summed E-state index contributed by atoms with van der Waals surface area (Å²) in [6.45, 7) is 1.21. The molecule has 0 spiro atoms. The first-order chi connectivity index (χ1) is 9.41. The molecule has 8 heteroatoms. The second-order valence-corrected chi connectivity index (χ2v) is 5.03. The van der Waals surface area contributed by atoms with Gasteiger partial charge in [0.2, 0.25) is 5.82 Å². The van der Waals surface area contributed by atoms with Crippen molar-refractivity contribution < 1.29 is 14.8 Å². The first-order valence-electron chi connectivity index (χ1n) is 6.33. The lowest BCUT2D eigenvalue weighted by molar-refractivity contribution is -0.384. The molecule has 0 amide bonds. The number of ether oxygens (including phenoxy) is 1. The monoisotopic (exact) mass is 282 g/mol. The maximum absolute atomic E-state index is 11.0. The summed E-state index contributed by atoms with van der Waals surface area (Å²) >= 11 is 0. The summed E-state index contributed by atoms with van der Waals surface area (Å²) in [6, 6.07) is 2.71. The Labute approximate surface area is 116 Å². The SMILES string of the molecule is CN(CC1(O)CCOCC1)c1nc(N)ccc1[N+](=O)[O-]. The maximum atomic E-state index is 11.0. The Morgan fingerprint density at radius 1 is 1.55 bits per heavy atom. The molecular weight excluding hydrogens is 264 g/mol. The first-order valence-corrected chi connectivity index (χ1v) is 6.33. The molecule has 110 valence electrons. The molecule has 0 radical (unpaired) electrons. The van der Waals surface area contributed by atoms with Crippen molar-refractivity contribution in [1.82, 2.24) is 4.98 Å². The summed E-state index contributed by atoms with van der Waals surface area (Å²) in [5.74, 6) is 0.367.